The SMILES string of the molecule is Clc1nc(-c2ccccc2Cl)c(-c2ccccc2)o1. The fourth-order valence-electron chi connectivity index (χ4n) is 1.92. The third-order valence-electron chi connectivity index (χ3n) is 2.77. The van der Waals surface area contributed by atoms with Gasteiger partial charge in [0.05, 0.1) is 5.02 Å². The molecule has 94 valence electrons. The second kappa shape index (κ2) is 5.08. The van der Waals surface area contributed by atoms with Gasteiger partial charge < -0.3 is 4.42 Å². The van der Waals surface area contributed by atoms with Crippen molar-refractivity contribution in [2.24, 2.45) is 0 Å². The van der Waals surface area contributed by atoms with Crippen molar-refractivity contribution >= 4 is 23.2 Å². The molecule has 0 amide bonds. The normalized spacial score (nSPS) is 10.6. The Labute approximate surface area is 120 Å². The van der Waals surface area contributed by atoms with Crippen molar-refractivity contribution in [3.63, 3.8) is 0 Å². The van der Waals surface area contributed by atoms with Crippen LogP contribution in [0, 0.1) is 0 Å². The highest BCUT2D eigenvalue weighted by Gasteiger charge is 2.17. The smallest absolute Gasteiger partial charge is 0.293 e. The van der Waals surface area contributed by atoms with E-state index in [1.165, 1.54) is 0 Å². The molecule has 0 aliphatic rings. The summed E-state index contributed by atoms with van der Waals surface area (Å²) in [5.41, 5.74) is 2.37. The molecule has 3 rings (SSSR count). The van der Waals surface area contributed by atoms with Crippen LogP contribution in [0.15, 0.2) is 59.0 Å². The van der Waals surface area contributed by atoms with Gasteiger partial charge in [-0.25, -0.2) is 0 Å². The predicted octanol–water partition coefficient (Wildman–Crippen LogP) is 5.32. The molecule has 0 atom stereocenters. The predicted molar refractivity (Wildman–Crippen MR) is 77.4 cm³/mol. The average molecular weight is 290 g/mol. The number of hydrogen-bond donors (Lipinski definition) is 0. The molecule has 0 unspecified atom stereocenters. The maximum absolute atomic E-state index is 6.20. The van der Waals surface area contributed by atoms with E-state index in [0.29, 0.717) is 16.5 Å². The number of aromatic nitrogens is 1. The fourth-order valence-corrected chi connectivity index (χ4v) is 2.30. The van der Waals surface area contributed by atoms with E-state index in [-0.39, 0.29) is 5.35 Å². The number of rotatable bonds is 2. The summed E-state index contributed by atoms with van der Waals surface area (Å²) >= 11 is 12.1. The van der Waals surface area contributed by atoms with Gasteiger partial charge in [-0.3, -0.25) is 0 Å². The Kier molecular flexibility index (Phi) is 3.28. The first-order valence-corrected chi connectivity index (χ1v) is 6.48. The Hall–Kier alpha value is -1.77. The van der Waals surface area contributed by atoms with Crippen molar-refractivity contribution in [3.05, 3.63) is 65.0 Å². The molecule has 0 bridgehead atoms. The number of nitrogens with zero attached hydrogens (tertiary/aromatic N) is 1. The van der Waals surface area contributed by atoms with Crippen LogP contribution in [0.25, 0.3) is 22.6 Å². The van der Waals surface area contributed by atoms with Gasteiger partial charge in [0.25, 0.3) is 5.35 Å². The molecule has 0 N–H and O–H groups in total. The summed E-state index contributed by atoms with van der Waals surface area (Å²) < 4.78 is 5.51. The van der Waals surface area contributed by atoms with Crippen LogP contribution in [-0.2, 0) is 0 Å². The standard InChI is InChI=1S/C15H9Cl2NO/c16-12-9-5-4-8-11(12)13-14(19-15(17)18-13)10-6-2-1-3-7-10/h1-9H. The zero-order chi connectivity index (χ0) is 13.2. The Morgan fingerprint density at radius 1 is 0.842 bits per heavy atom. The summed E-state index contributed by atoms with van der Waals surface area (Å²) in [5.74, 6) is 0.624. The molecule has 1 heterocycles. The maximum Gasteiger partial charge on any atom is 0.293 e. The third kappa shape index (κ3) is 2.37. The largest absolute Gasteiger partial charge is 0.427 e. The average Bonchev–Trinajstić information content (AvgIpc) is 2.82. The second-order valence-corrected chi connectivity index (χ2v) is 4.72. The Balaban J connectivity index is 2.21. The molecule has 2 aromatic carbocycles. The van der Waals surface area contributed by atoms with Crippen molar-refractivity contribution in [3.8, 4) is 22.6 Å². The molecular formula is C15H9Cl2NO. The third-order valence-corrected chi connectivity index (χ3v) is 3.26. The number of hydrogen-bond acceptors (Lipinski definition) is 2. The molecule has 0 radical (unpaired) electrons. The van der Waals surface area contributed by atoms with E-state index in [9.17, 15) is 0 Å². The minimum absolute atomic E-state index is 0.105. The molecule has 0 saturated carbocycles. The van der Waals surface area contributed by atoms with Crippen LogP contribution in [0.5, 0.6) is 0 Å². The van der Waals surface area contributed by atoms with Gasteiger partial charge in [-0.2, -0.15) is 4.98 Å². The van der Waals surface area contributed by atoms with Crippen molar-refractivity contribution in [1.82, 2.24) is 4.98 Å². The summed E-state index contributed by atoms with van der Waals surface area (Å²) in [7, 11) is 0. The van der Waals surface area contributed by atoms with Crippen LogP contribution in [0.2, 0.25) is 10.4 Å². The molecule has 2 nitrogen and oxygen atoms in total. The van der Waals surface area contributed by atoms with Crippen LogP contribution >= 0.6 is 23.2 Å². The Bertz CT molecular complexity index is 707. The molecule has 0 saturated heterocycles. The van der Waals surface area contributed by atoms with Crippen LogP contribution in [-0.4, -0.2) is 4.98 Å². The van der Waals surface area contributed by atoms with Gasteiger partial charge in [-0.15, -0.1) is 0 Å². The molecule has 4 heteroatoms. The lowest BCUT2D eigenvalue weighted by Gasteiger charge is -2.03. The van der Waals surface area contributed by atoms with Crippen molar-refractivity contribution in [1.29, 1.82) is 0 Å². The second-order valence-electron chi connectivity index (χ2n) is 3.99. The van der Waals surface area contributed by atoms with E-state index < -0.39 is 0 Å². The van der Waals surface area contributed by atoms with Crippen molar-refractivity contribution in [2.75, 3.05) is 0 Å². The topological polar surface area (TPSA) is 26.0 Å². The van der Waals surface area contributed by atoms with E-state index in [0.717, 1.165) is 11.1 Å². The molecule has 3 aromatic rings. The van der Waals surface area contributed by atoms with Crippen molar-refractivity contribution < 1.29 is 4.42 Å². The Morgan fingerprint density at radius 2 is 1.53 bits per heavy atom. The van der Waals surface area contributed by atoms with Gasteiger partial charge in [0.1, 0.15) is 5.69 Å². The lowest BCUT2D eigenvalue weighted by Crippen LogP contribution is -1.83. The van der Waals surface area contributed by atoms with Gasteiger partial charge in [0.15, 0.2) is 5.76 Å². The quantitative estimate of drug-likeness (QED) is 0.638. The number of oxazole rings is 1. The first-order chi connectivity index (χ1) is 9.25. The van der Waals surface area contributed by atoms with Gasteiger partial charge in [0.2, 0.25) is 0 Å². The van der Waals surface area contributed by atoms with E-state index in [4.69, 9.17) is 27.6 Å². The van der Waals surface area contributed by atoms with E-state index in [2.05, 4.69) is 4.98 Å². The van der Waals surface area contributed by atoms with Crippen LogP contribution < -0.4 is 0 Å². The minimum atomic E-state index is 0.105. The van der Waals surface area contributed by atoms with Gasteiger partial charge in [-0.05, 0) is 17.7 Å². The van der Waals surface area contributed by atoms with Crippen LogP contribution in [0.4, 0.5) is 0 Å². The summed E-state index contributed by atoms with van der Waals surface area (Å²) in [5, 5.41) is 0.721. The molecule has 1 aromatic heterocycles. The fraction of sp³-hybridized carbons (Fsp3) is 0. The first kappa shape index (κ1) is 12.3. The van der Waals surface area contributed by atoms with Crippen molar-refractivity contribution in [2.45, 2.75) is 0 Å². The lowest BCUT2D eigenvalue weighted by molar-refractivity contribution is 0.574. The molecule has 0 aliphatic heterocycles. The molecular weight excluding hydrogens is 281 g/mol. The highest BCUT2D eigenvalue weighted by Crippen LogP contribution is 2.37. The molecule has 0 fully saturated rings. The first-order valence-electron chi connectivity index (χ1n) is 5.72. The zero-order valence-electron chi connectivity index (χ0n) is 9.81. The molecule has 19 heavy (non-hydrogen) atoms. The lowest BCUT2D eigenvalue weighted by atomic mass is 10.1. The monoisotopic (exact) mass is 289 g/mol. The summed E-state index contributed by atoms with van der Waals surface area (Å²) in [6.07, 6.45) is 0. The molecule has 0 aliphatic carbocycles. The molecule has 0 spiro atoms. The van der Waals surface area contributed by atoms with Gasteiger partial charge >= 0.3 is 0 Å². The summed E-state index contributed by atoms with van der Waals surface area (Å²) in [6.45, 7) is 0. The van der Waals surface area contributed by atoms with Crippen LogP contribution in [0.1, 0.15) is 0 Å². The van der Waals surface area contributed by atoms with Gasteiger partial charge in [0, 0.05) is 11.1 Å². The summed E-state index contributed by atoms with van der Waals surface area (Å²) in [6, 6.07) is 17.2. The number of halogens is 2. The van der Waals surface area contributed by atoms with Gasteiger partial charge in [-0.1, -0.05) is 60.1 Å². The maximum atomic E-state index is 6.20. The minimum Gasteiger partial charge on any atom is -0.427 e. The summed E-state index contributed by atoms with van der Waals surface area (Å²) in [4.78, 5) is 4.23. The van der Waals surface area contributed by atoms with E-state index in [1.54, 1.807) is 0 Å². The Morgan fingerprint density at radius 3 is 2.26 bits per heavy atom. The van der Waals surface area contributed by atoms with E-state index >= 15 is 0 Å². The highest BCUT2D eigenvalue weighted by atomic mass is 35.5. The van der Waals surface area contributed by atoms with Crippen LogP contribution in [0.3, 0.4) is 0 Å². The number of benzene rings is 2. The zero-order valence-corrected chi connectivity index (χ0v) is 11.3. The van der Waals surface area contributed by atoms with E-state index in [1.807, 2.05) is 54.6 Å². The highest BCUT2D eigenvalue weighted by molar-refractivity contribution is 6.33.